The van der Waals surface area contributed by atoms with Crippen LogP contribution in [-0.2, 0) is 0 Å². The highest BCUT2D eigenvalue weighted by atomic mass is 35.5. The molecule has 0 aliphatic carbocycles. The van der Waals surface area contributed by atoms with Gasteiger partial charge in [0, 0.05) is 23.0 Å². The molecule has 1 aliphatic heterocycles. The van der Waals surface area contributed by atoms with Gasteiger partial charge < -0.3 is 5.73 Å². The largest absolute Gasteiger partial charge is 0.330 e. The van der Waals surface area contributed by atoms with Crippen LogP contribution in [0.4, 0.5) is 0 Å². The molecule has 0 radical (unpaired) electrons. The smallest absolute Gasteiger partial charge is 0.0406 e. The minimum absolute atomic E-state index is 0.404. The average molecular weight is 240 g/mol. The maximum Gasteiger partial charge on any atom is 0.0406 e. The van der Waals surface area contributed by atoms with Gasteiger partial charge in [-0.1, -0.05) is 23.7 Å². The van der Waals surface area contributed by atoms with E-state index in [0.717, 1.165) is 11.4 Å². The van der Waals surface area contributed by atoms with E-state index in [0.29, 0.717) is 24.5 Å². The lowest BCUT2D eigenvalue weighted by atomic mass is 9.86. The van der Waals surface area contributed by atoms with E-state index in [1.165, 1.54) is 5.56 Å². The number of rotatable bonds is 3. The van der Waals surface area contributed by atoms with Crippen LogP contribution in [-0.4, -0.2) is 18.6 Å². The average Bonchev–Trinajstić information content (AvgIpc) is 2.62. The molecule has 0 aromatic heterocycles. The van der Waals surface area contributed by atoms with Gasteiger partial charge in [0.15, 0.2) is 0 Å². The van der Waals surface area contributed by atoms with Crippen molar-refractivity contribution in [3.63, 3.8) is 0 Å². The molecule has 0 amide bonds. The van der Waals surface area contributed by atoms with E-state index in [1.807, 2.05) is 12.1 Å². The van der Waals surface area contributed by atoms with Crippen LogP contribution in [0, 0.1) is 0 Å². The fourth-order valence-electron chi connectivity index (χ4n) is 2.40. The first kappa shape index (κ1) is 11.9. The second kappa shape index (κ2) is 5.15. The van der Waals surface area contributed by atoms with Gasteiger partial charge in [0.2, 0.25) is 0 Å². The molecule has 1 heterocycles. The van der Waals surface area contributed by atoms with Gasteiger partial charge in [-0.2, -0.15) is 0 Å². The Bertz CT molecular complexity index is 337. The second-order valence-corrected chi connectivity index (χ2v) is 4.77. The fraction of sp³-hybridized carbons (Fsp3) is 0.500. The van der Waals surface area contributed by atoms with Crippen molar-refractivity contribution in [1.82, 2.24) is 10.9 Å². The molecule has 0 bridgehead atoms. The molecule has 0 spiro atoms. The highest BCUT2D eigenvalue weighted by molar-refractivity contribution is 6.30. The fourth-order valence-corrected chi connectivity index (χ4v) is 2.53. The molecular formula is C12H18ClN3. The molecule has 88 valence electrons. The van der Waals surface area contributed by atoms with Crippen LogP contribution >= 0.6 is 11.6 Å². The van der Waals surface area contributed by atoms with Crippen molar-refractivity contribution in [3.05, 3.63) is 34.9 Å². The normalized spacial score (nSPS) is 29.6. The maximum absolute atomic E-state index is 5.90. The Morgan fingerprint density at radius 1 is 1.25 bits per heavy atom. The Kier molecular flexibility index (Phi) is 3.82. The van der Waals surface area contributed by atoms with E-state index >= 15 is 0 Å². The molecule has 3 atom stereocenters. The molecule has 4 N–H and O–H groups in total. The van der Waals surface area contributed by atoms with Crippen LogP contribution in [0.1, 0.15) is 24.8 Å². The lowest BCUT2D eigenvalue weighted by Crippen LogP contribution is -2.33. The van der Waals surface area contributed by atoms with Gasteiger partial charge in [-0.15, -0.1) is 0 Å². The summed E-state index contributed by atoms with van der Waals surface area (Å²) in [5.74, 6) is 0.459. The SMILES string of the molecule is CC1NNC(CCN)C1c1ccc(Cl)cc1. The number of halogens is 1. The van der Waals surface area contributed by atoms with Crippen molar-refractivity contribution in [2.75, 3.05) is 6.54 Å². The zero-order valence-corrected chi connectivity index (χ0v) is 10.2. The number of benzene rings is 1. The first-order chi connectivity index (χ1) is 7.72. The molecule has 2 rings (SSSR count). The third-order valence-corrected chi connectivity index (χ3v) is 3.45. The van der Waals surface area contributed by atoms with Crippen molar-refractivity contribution in [2.24, 2.45) is 5.73 Å². The van der Waals surface area contributed by atoms with E-state index < -0.39 is 0 Å². The van der Waals surface area contributed by atoms with Gasteiger partial charge in [0.05, 0.1) is 0 Å². The zero-order chi connectivity index (χ0) is 11.5. The van der Waals surface area contributed by atoms with Crippen molar-refractivity contribution >= 4 is 11.6 Å². The van der Waals surface area contributed by atoms with E-state index in [-0.39, 0.29) is 0 Å². The van der Waals surface area contributed by atoms with E-state index in [9.17, 15) is 0 Å². The minimum Gasteiger partial charge on any atom is -0.330 e. The summed E-state index contributed by atoms with van der Waals surface area (Å²) in [7, 11) is 0. The van der Waals surface area contributed by atoms with Crippen LogP contribution in [0.5, 0.6) is 0 Å². The van der Waals surface area contributed by atoms with E-state index in [4.69, 9.17) is 17.3 Å². The summed E-state index contributed by atoms with van der Waals surface area (Å²) in [6.07, 6.45) is 0.977. The molecule has 3 nitrogen and oxygen atoms in total. The van der Waals surface area contributed by atoms with Gasteiger partial charge in [0.25, 0.3) is 0 Å². The molecule has 4 heteroatoms. The minimum atomic E-state index is 0.404. The van der Waals surface area contributed by atoms with Crippen molar-refractivity contribution < 1.29 is 0 Å². The molecule has 0 saturated carbocycles. The maximum atomic E-state index is 5.90. The molecule has 16 heavy (non-hydrogen) atoms. The van der Waals surface area contributed by atoms with Crippen LogP contribution in [0.2, 0.25) is 5.02 Å². The van der Waals surface area contributed by atoms with Crippen LogP contribution in [0.25, 0.3) is 0 Å². The predicted octanol–water partition coefficient (Wildman–Crippen LogP) is 1.64. The Morgan fingerprint density at radius 3 is 2.56 bits per heavy atom. The monoisotopic (exact) mass is 239 g/mol. The first-order valence-electron chi connectivity index (χ1n) is 5.69. The predicted molar refractivity (Wildman–Crippen MR) is 67.4 cm³/mol. The topological polar surface area (TPSA) is 50.1 Å². The summed E-state index contributed by atoms with van der Waals surface area (Å²) >= 11 is 5.90. The summed E-state index contributed by atoms with van der Waals surface area (Å²) in [6.45, 7) is 2.89. The summed E-state index contributed by atoms with van der Waals surface area (Å²) in [5, 5.41) is 0.783. The molecule has 1 aliphatic rings. The molecule has 1 aromatic rings. The Labute approximate surface area is 101 Å². The zero-order valence-electron chi connectivity index (χ0n) is 9.41. The molecular weight excluding hydrogens is 222 g/mol. The molecule has 3 unspecified atom stereocenters. The van der Waals surface area contributed by atoms with Gasteiger partial charge in [-0.05, 0) is 37.6 Å². The number of hydrogen-bond donors (Lipinski definition) is 3. The van der Waals surface area contributed by atoms with Crippen molar-refractivity contribution in [2.45, 2.75) is 31.3 Å². The summed E-state index contributed by atoms with van der Waals surface area (Å²) in [6, 6.07) is 8.91. The number of hydrogen-bond acceptors (Lipinski definition) is 3. The summed E-state index contributed by atoms with van der Waals surface area (Å²) in [5.41, 5.74) is 13.5. The molecule has 1 fully saturated rings. The van der Waals surface area contributed by atoms with Gasteiger partial charge in [-0.25, -0.2) is 0 Å². The number of hydrazine groups is 1. The van der Waals surface area contributed by atoms with Gasteiger partial charge in [0.1, 0.15) is 0 Å². The van der Waals surface area contributed by atoms with E-state index in [2.05, 4.69) is 29.9 Å². The molecule has 1 aromatic carbocycles. The Morgan fingerprint density at radius 2 is 1.94 bits per heavy atom. The lowest BCUT2D eigenvalue weighted by Gasteiger charge is -2.21. The summed E-state index contributed by atoms with van der Waals surface area (Å²) < 4.78 is 0. The Hall–Kier alpha value is -0.610. The number of nitrogens with two attached hydrogens (primary N) is 1. The highest BCUT2D eigenvalue weighted by Gasteiger charge is 2.33. The van der Waals surface area contributed by atoms with E-state index in [1.54, 1.807) is 0 Å². The quantitative estimate of drug-likeness (QED) is 0.752. The standard InChI is InChI=1S/C12H18ClN3/c1-8-12(11(6-7-14)16-15-8)9-2-4-10(13)5-3-9/h2-5,8,11-12,15-16H,6-7,14H2,1H3. The van der Waals surface area contributed by atoms with Crippen LogP contribution in [0.15, 0.2) is 24.3 Å². The molecule has 1 saturated heterocycles. The van der Waals surface area contributed by atoms with Crippen LogP contribution < -0.4 is 16.6 Å². The van der Waals surface area contributed by atoms with Crippen molar-refractivity contribution in [1.29, 1.82) is 0 Å². The van der Waals surface area contributed by atoms with Gasteiger partial charge in [-0.3, -0.25) is 10.9 Å². The third kappa shape index (κ3) is 2.38. The van der Waals surface area contributed by atoms with Crippen LogP contribution in [0.3, 0.4) is 0 Å². The Balaban J connectivity index is 2.19. The van der Waals surface area contributed by atoms with Gasteiger partial charge >= 0.3 is 0 Å². The first-order valence-corrected chi connectivity index (χ1v) is 6.06. The summed E-state index contributed by atoms with van der Waals surface area (Å²) in [4.78, 5) is 0. The third-order valence-electron chi connectivity index (χ3n) is 3.20. The lowest BCUT2D eigenvalue weighted by molar-refractivity contribution is 0.498. The second-order valence-electron chi connectivity index (χ2n) is 4.34. The number of nitrogens with one attached hydrogen (secondary N) is 2. The van der Waals surface area contributed by atoms with Crippen molar-refractivity contribution in [3.8, 4) is 0 Å². The highest BCUT2D eigenvalue weighted by Crippen LogP contribution is 2.29.